The molecule has 0 spiro atoms. The molecule has 2 atom stereocenters. The number of carbonyl (C=O) groups excluding carboxylic acids is 1. The minimum Gasteiger partial charge on any atom is -0.347 e. The van der Waals surface area contributed by atoms with Crippen molar-refractivity contribution in [2.75, 3.05) is 6.54 Å². The zero-order chi connectivity index (χ0) is 14.8. The van der Waals surface area contributed by atoms with Gasteiger partial charge in [-0.05, 0) is 44.7 Å². The molecule has 1 saturated heterocycles. The van der Waals surface area contributed by atoms with Crippen LogP contribution in [-0.4, -0.2) is 29.5 Å². The van der Waals surface area contributed by atoms with Crippen LogP contribution in [0.15, 0.2) is 17.5 Å². The number of hydrogen-bond donors (Lipinski definition) is 2. The second-order valence-corrected chi connectivity index (χ2v) is 7.32. The molecule has 3 heterocycles. The maximum Gasteiger partial charge on any atom is 0.263 e. The molecule has 4 nitrogen and oxygen atoms in total. The lowest BCUT2D eigenvalue weighted by Gasteiger charge is -2.30. The molecule has 0 bridgehead atoms. The van der Waals surface area contributed by atoms with Crippen molar-refractivity contribution < 1.29 is 4.79 Å². The van der Waals surface area contributed by atoms with Gasteiger partial charge in [0.25, 0.3) is 5.91 Å². The number of aryl methyl sites for hydroxylation is 1. The van der Waals surface area contributed by atoms with Crippen LogP contribution in [0.5, 0.6) is 0 Å². The largest absolute Gasteiger partial charge is 0.347 e. The maximum atomic E-state index is 12.5. The number of nitrogens with one attached hydrogen (secondary N) is 2. The van der Waals surface area contributed by atoms with Crippen LogP contribution in [0.1, 0.15) is 35.1 Å². The number of carbonyl (C=O) groups is 1. The van der Waals surface area contributed by atoms with Crippen LogP contribution < -0.4 is 10.6 Å². The molecule has 1 amide bonds. The number of rotatable bonds is 3. The van der Waals surface area contributed by atoms with Crippen molar-refractivity contribution in [3.8, 4) is 9.88 Å². The van der Waals surface area contributed by atoms with Crippen LogP contribution in [0.25, 0.3) is 9.88 Å². The van der Waals surface area contributed by atoms with E-state index in [9.17, 15) is 4.79 Å². The highest BCUT2D eigenvalue weighted by molar-refractivity contribution is 7.22. The zero-order valence-electron chi connectivity index (χ0n) is 13.0. The summed E-state index contributed by atoms with van der Waals surface area (Å²) in [4.78, 5) is 18.9. The predicted octanol–water partition coefficient (Wildman–Crippen LogP) is 3.89. The third kappa shape index (κ3) is 4.67. The average Bonchev–Trinajstić information content (AvgIpc) is 3.10. The molecule has 0 aliphatic carbocycles. The van der Waals surface area contributed by atoms with Gasteiger partial charge in [-0.3, -0.25) is 4.79 Å². The van der Waals surface area contributed by atoms with E-state index < -0.39 is 0 Å². The molecule has 1 aliphatic rings. The van der Waals surface area contributed by atoms with Crippen molar-refractivity contribution in [3.63, 3.8) is 0 Å². The number of nitrogens with zero attached hydrogens (tertiary/aromatic N) is 1. The Hall–Kier alpha value is -0.660. The summed E-state index contributed by atoms with van der Waals surface area (Å²) in [6.45, 7) is 5.07. The standard InChI is InChI=1S/C15H19N3OS2.2ClH/c1-9-11(5-3-7-16-9)18-14(19)13-10(2)17-15(21-13)12-6-4-8-20-12;;/h4,6,8-9,11,16H,3,5,7H2,1-2H3,(H,18,19);2*1H. The quantitative estimate of drug-likeness (QED) is 0.831. The fourth-order valence-electron chi connectivity index (χ4n) is 2.59. The Morgan fingerprint density at radius 3 is 2.87 bits per heavy atom. The van der Waals surface area contributed by atoms with Crippen molar-refractivity contribution in [1.82, 2.24) is 15.6 Å². The highest BCUT2D eigenvalue weighted by Crippen LogP contribution is 2.31. The summed E-state index contributed by atoms with van der Waals surface area (Å²) in [5.41, 5.74) is 0.817. The number of halogens is 2. The van der Waals surface area contributed by atoms with Crippen LogP contribution in [-0.2, 0) is 0 Å². The van der Waals surface area contributed by atoms with Crippen LogP contribution in [0.2, 0.25) is 0 Å². The first-order valence-corrected chi connectivity index (χ1v) is 8.90. The lowest BCUT2D eigenvalue weighted by Crippen LogP contribution is -2.51. The summed E-state index contributed by atoms with van der Waals surface area (Å²) in [7, 11) is 0. The second kappa shape index (κ2) is 8.99. The second-order valence-electron chi connectivity index (χ2n) is 5.38. The van der Waals surface area contributed by atoms with Crippen LogP contribution in [0.4, 0.5) is 0 Å². The van der Waals surface area contributed by atoms with Gasteiger partial charge in [0.05, 0.1) is 10.6 Å². The van der Waals surface area contributed by atoms with Crippen LogP contribution in [0, 0.1) is 6.92 Å². The van der Waals surface area contributed by atoms with Crippen LogP contribution >= 0.6 is 47.5 Å². The lowest BCUT2D eigenvalue weighted by atomic mass is 10.00. The molecule has 128 valence electrons. The molecule has 0 radical (unpaired) electrons. The minimum absolute atomic E-state index is 0. The summed E-state index contributed by atoms with van der Waals surface area (Å²) in [5.74, 6) is 0.00774. The Kier molecular flexibility index (Phi) is 7.97. The summed E-state index contributed by atoms with van der Waals surface area (Å²) in [5, 5.41) is 9.52. The molecule has 23 heavy (non-hydrogen) atoms. The summed E-state index contributed by atoms with van der Waals surface area (Å²) >= 11 is 3.13. The fourth-order valence-corrected chi connectivity index (χ4v) is 4.35. The number of piperidine rings is 1. The molecule has 0 aromatic carbocycles. The highest BCUT2D eigenvalue weighted by Gasteiger charge is 2.25. The molecule has 1 fully saturated rings. The Morgan fingerprint density at radius 1 is 1.43 bits per heavy atom. The van der Waals surface area contributed by atoms with Crippen molar-refractivity contribution in [2.24, 2.45) is 0 Å². The van der Waals surface area contributed by atoms with E-state index in [2.05, 4.69) is 22.5 Å². The Bertz CT molecular complexity index is 631. The normalized spacial score (nSPS) is 20.3. The Labute approximate surface area is 156 Å². The summed E-state index contributed by atoms with van der Waals surface area (Å²) < 4.78 is 0. The van der Waals surface area contributed by atoms with E-state index in [-0.39, 0.29) is 36.8 Å². The molecule has 2 unspecified atom stereocenters. The van der Waals surface area contributed by atoms with E-state index in [4.69, 9.17) is 0 Å². The van der Waals surface area contributed by atoms with E-state index in [0.717, 1.165) is 39.8 Å². The first-order chi connectivity index (χ1) is 10.1. The molecule has 8 heteroatoms. The van der Waals surface area contributed by atoms with Gasteiger partial charge in [-0.1, -0.05) is 6.07 Å². The minimum atomic E-state index is 0. The van der Waals surface area contributed by atoms with E-state index in [0.29, 0.717) is 6.04 Å². The predicted molar refractivity (Wildman–Crippen MR) is 103 cm³/mol. The molecule has 2 N–H and O–H groups in total. The number of thiazole rings is 1. The summed E-state index contributed by atoms with van der Waals surface area (Å²) in [6, 6.07) is 4.58. The molecule has 2 aromatic heterocycles. The highest BCUT2D eigenvalue weighted by atomic mass is 35.5. The van der Waals surface area contributed by atoms with Crippen molar-refractivity contribution in [1.29, 1.82) is 0 Å². The molecule has 3 rings (SSSR count). The first-order valence-electron chi connectivity index (χ1n) is 7.20. The van der Waals surface area contributed by atoms with Crippen molar-refractivity contribution in [2.45, 2.75) is 38.8 Å². The van der Waals surface area contributed by atoms with Gasteiger partial charge in [0.2, 0.25) is 0 Å². The molecular weight excluding hydrogens is 373 g/mol. The van der Waals surface area contributed by atoms with E-state index in [1.165, 1.54) is 11.3 Å². The number of amides is 1. The van der Waals surface area contributed by atoms with Gasteiger partial charge in [-0.15, -0.1) is 47.5 Å². The van der Waals surface area contributed by atoms with E-state index in [1.807, 2.05) is 24.4 Å². The summed E-state index contributed by atoms with van der Waals surface area (Å²) in [6.07, 6.45) is 2.15. The molecule has 1 aliphatic heterocycles. The fraction of sp³-hybridized carbons (Fsp3) is 0.467. The van der Waals surface area contributed by atoms with Crippen LogP contribution in [0.3, 0.4) is 0 Å². The van der Waals surface area contributed by atoms with Gasteiger partial charge in [0.1, 0.15) is 9.88 Å². The molecule has 0 saturated carbocycles. The topological polar surface area (TPSA) is 54.0 Å². The number of thiophene rings is 1. The van der Waals surface area contributed by atoms with Gasteiger partial charge in [0, 0.05) is 12.1 Å². The van der Waals surface area contributed by atoms with Gasteiger partial charge >= 0.3 is 0 Å². The van der Waals surface area contributed by atoms with Gasteiger partial charge < -0.3 is 10.6 Å². The maximum absolute atomic E-state index is 12.5. The molecular formula is C15H21Cl2N3OS2. The van der Waals surface area contributed by atoms with E-state index in [1.54, 1.807) is 11.3 Å². The van der Waals surface area contributed by atoms with Crippen molar-refractivity contribution >= 4 is 53.4 Å². The third-order valence-electron chi connectivity index (χ3n) is 3.81. The smallest absolute Gasteiger partial charge is 0.263 e. The Morgan fingerprint density at radius 2 is 2.22 bits per heavy atom. The van der Waals surface area contributed by atoms with Gasteiger partial charge in [-0.2, -0.15) is 0 Å². The third-order valence-corrected chi connectivity index (χ3v) is 6.01. The zero-order valence-corrected chi connectivity index (χ0v) is 16.3. The molecule has 2 aromatic rings. The number of hydrogen-bond acceptors (Lipinski definition) is 5. The van der Waals surface area contributed by atoms with Crippen molar-refractivity contribution in [3.05, 3.63) is 28.1 Å². The monoisotopic (exact) mass is 393 g/mol. The first kappa shape index (κ1) is 20.4. The lowest BCUT2D eigenvalue weighted by molar-refractivity contribution is 0.0923. The van der Waals surface area contributed by atoms with Gasteiger partial charge in [0.15, 0.2) is 0 Å². The average molecular weight is 394 g/mol. The van der Waals surface area contributed by atoms with Gasteiger partial charge in [-0.25, -0.2) is 4.98 Å². The Balaban J connectivity index is 0.00000132. The SMILES string of the molecule is Cc1nc(-c2cccs2)sc1C(=O)NC1CCCNC1C.Cl.Cl. The van der Waals surface area contributed by atoms with E-state index >= 15 is 0 Å². The number of aromatic nitrogens is 1.